The smallest absolute Gasteiger partial charge is 0.351 e. The van der Waals surface area contributed by atoms with Crippen LogP contribution < -0.4 is 9.47 Å². The summed E-state index contributed by atoms with van der Waals surface area (Å²) in [4.78, 5) is 20.6. The van der Waals surface area contributed by atoms with Crippen LogP contribution in [0, 0.1) is 0 Å². The van der Waals surface area contributed by atoms with Gasteiger partial charge in [-0.25, -0.2) is 4.79 Å². The summed E-state index contributed by atoms with van der Waals surface area (Å²) < 4.78 is 10.8. The zero-order chi connectivity index (χ0) is 20.4. The first kappa shape index (κ1) is 19.4. The largest absolute Gasteiger partial charge is 0.497 e. The molecular weight excluding hydrogens is 386 g/mol. The van der Waals surface area contributed by atoms with E-state index in [9.17, 15) is 4.79 Å². The van der Waals surface area contributed by atoms with Crippen molar-refractivity contribution in [3.05, 3.63) is 71.6 Å². The fourth-order valence-corrected chi connectivity index (χ4v) is 4.04. The number of fused-ring (bicyclic) bond motifs is 1. The van der Waals surface area contributed by atoms with Crippen molar-refractivity contribution < 1.29 is 14.3 Å². The van der Waals surface area contributed by atoms with Crippen molar-refractivity contribution in [3.8, 4) is 11.5 Å². The third kappa shape index (κ3) is 3.96. The number of methoxy groups -OCH3 is 1. The Morgan fingerprint density at radius 1 is 1.14 bits per heavy atom. The fraction of sp³-hybridized carbons (Fsp3) is 0.273. The molecule has 2 aromatic carbocycles. The van der Waals surface area contributed by atoms with E-state index in [0.717, 1.165) is 29.0 Å². The monoisotopic (exact) mass is 409 g/mol. The molecule has 0 unspecified atom stereocenters. The number of thioether (sulfide) groups is 1. The number of aliphatic imine (C=N–C) groups is 1. The molecule has 0 N–H and O–H groups in total. The first-order valence-corrected chi connectivity index (χ1v) is 10.6. The minimum Gasteiger partial charge on any atom is -0.497 e. The maximum absolute atomic E-state index is 12.7. The summed E-state index contributed by atoms with van der Waals surface area (Å²) in [5.41, 5.74) is 3.30. The lowest BCUT2D eigenvalue weighted by atomic mass is 10.1. The van der Waals surface area contributed by atoms with Crippen molar-refractivity contribution in [2.24, 2.45) is 4.99 Å². The third-order valence-electron chi connectivity index (χ3n) is 5.05. The van der Waals surface area contributed by atoms with Crippen LogP contribution in [0.25, 0.3) is 0 Å². The number of amides is 2. The normalized spacial score (nSPS) is 15.9. The van der Waals surface area contributed by atoms with Gasteiger partial charge in [0, 0.05) is 6.42 Å². The minimum atomic E-state index is -0.290. The second kappa shape index (κ2) is 8.21. The Balaban J connectivity index is 1.56. The summed E-state index contributed by atoms with van der Waals surface area (Å²) in [6, 6.07) is 13.6. The van der Waals surface area contributed by atoms with Crippen molar-refractivity contribution in [2.45, 2.75) is 19.5 Å². The highest BCUT2D eigenvalue weighted by Crippen LogP contribution is 2.29. The number of benzene rings is 2. The maximum atomic E-state index is 12.7. The van der Waals surface area contributed by atoms with E-state index in [1.165, 1.54) is 17.3 Å². The quantitative estimate of drug-likeness (QED) is 0.739. The van der Waals surface area contributed by atoms with E-state index in [0.29, 0.717) is 30.7 Å². The average molecular weight is 410 g/mol. The molecule has 0 saturated heterocycles. The number of carbonyl (C=O) groups excluding carboxylic acids is 1. The Hall–Kier alpha value is -2.93. The van der Waals surface area contributed by atoms with E-state index >= 15 is 0 Å². The van der Waals surface area contributed by atoms with Gasteiger partial charge in [-0.05, 0) is 41.1 Å². The van der Waals surface area contributed by atoms with Crippen LogP contribution in [0.5, 0.6) is 11.5 Å². The molecule has 150 valence electrons. The summed E-state index contributed by atoms with van der Waals surface area (Å²) in [5.74, 6) is 2.37. The highest BCUT2D eigenvalue weighted by atomic mass is 32.2. The van der Waals surface area contributed by atoms with Gasteiger partial charge in [0.05, 0.1) is 26.8 Å². The third-order valence-corrected chi connectivity index (χ3v) is 5.73. The van der Waals surface area contributed by atoms with E-state index in [1.807, 2.05) is 47.6 Å². The van der Waals surface area contributed by atoms with Crippen LogP contribution in [-0.4, -0.2) is 41.0 Å². The number of nitrogens with zero attached hydrogens (tertiary/aromatic N) is 3. The summed E-state index contributed by atoms with van der Waals surface area (Å²) in [5, 5.41) is 0.648. The molecule has 2 amide bonds. The van der Waals surface area contributed by atoms with Gasteiger partial charge in [0.15, 0.2) is 5.17 Å². The second-order valence-corrected chi connectivity index (χ2v) is 7.63. The van der Waals surface area contributed by atoms with Crippen molar-refractivity contribution in [2.75, 3.05) is 20.0 Å². The SMILES string of the molecule is C=C1N(Cc2ccc3c(c2)CCO3)C(=O)N=C(SC)N1Cc1ccc(OC)cc1. The molecule has 2 aromatic rings. The molecule has 4 rings (SSSR count). The van der Waals surface area contributed by atoms with Crippen molar-refractivity contribution in [1.29, 1.82) is 0 Å². The van der Waals surface area contributed by atoms with Gasteiger partial charge in [0.25, 0.3) is 0 Å². The lowest BCUT2D eigenvalue weighted by Crippen LogP contribution is -2.44. The summed E-state index contributed by atoms with van der Waals surface area (Å²) in [6.45, 7) is 5.92. The number of rotatable bonds is 5. The molecule has 6 nitrogen and oxygen atoms in total. The van der Waals surface area contributed by atoms with Crippen LogP contribution in [0.3, 0.4) is 0 Å². The molecule has 0 fully saturated rings. The first-order valence-electron chi connectivity index (χ1n) is 9.37. The zero-order valence-corrected chi connectivity index (χ0v) is 17.4. The lowest BCUT2D eigenvalue weighted by Gasteiger charge is -2.36. The Morgan fingerprint density at radius 2 is 1.86 bits per heavy atom. The van der Waals surface area contributed by atoms with Gasteiger partial charge in [-0.15, -0.1) is 0 Å². The Bertz CT molecular complexity index is 972. The predicted octanol–water partition coefficient (Wildman–Crippen LogP) is 4.26. The van der Waals surface area contributed by atoms with Crippen LogP contribution in [0.4, 0.5) is 4.79 Å². The van der Waals surface area contributed by atoms with Gasteiger partial charge in [-0.3, -0.25) is 4.90 Å². The molecule has 0 aromatic heterocycles. The van der Waals surface area contributed by atoms with Gasteiger partial charge in [0.2, 0.25) is 0 Å². The molecule has 2 aliphatic heterocycles. The highest BCUT2D eigenvalue weighted by Gasteiger charge is 2.30. The zero-order valence-electron chi connectivity index (χ0n) is 16.6. The van der Waals surface area contributed by atoms with Gasteiger partial charge in [0.1, 0.15) is 17.3 Å². The molecule has 0 aliphatic carbocycles. The molecule has 0 atom stereocenters. The van der Waals surface area contributed by atoms with Crippen molar-refractivity contribution in [1.82, 2.24) is 9.80 Å². The Labute approximate surface area is 174 Å². The number of ether oxygens (including phenoxy) is 2. The van der Waals surface area contributed by atoms with E-state index in [2.05, 4.69) is 17.6 Å². The van der Waals surface area contributed by atoms with Crippen LogP contribution in [0.2, 0.25) is 0 Å². The van der Waals surface area contributed by atoms with Crippen LogP contribution in [0.15, 0.2) is 59.9 Å². The topological polar surface area (TPSA) is 54.4 Å². The molecule has 0 spiro atoms. The maximum Gasteiger partial charge on any atom is 0.351 e. The van der Waals surface area contributed by atoms with E-state index in [-0.39, 0.29) is 6.03 Å². The van der Waals surface area contributed by atoms with E-state index < -0.39 is 0 Å². The average Bonchev–Trinajstić information content (AvgIpc) is 3.21. The van der Waals surface area contributed by atoms with Gasteiger partial charge in [-0.2, -0.15) is 4.99 Å². The molecule has 0 saturated carbocycles. The highest BCUT2D eigenvalue weighted by molar-refractivity contribution is 8.13. The standard InChI is InChI=1S/C22H23N3O3S/c1-15-24(14-17-6-9-20-18(12-17)10-11-28-20)21(26)23-22(29-3)25(15)13-16-4-7-19(27-2)8-5-16/h4-9,12H,1,10-11,13-14H2,2-3H3. The molecule has 2 aliphatic rings. The number of amidine groups is 1. The Morgan fingerprint density at radius 3 is 2.59 bits per heavy atom. The van der Waals surface area contributed by atoms with Crippen LogP contribution >= 0.6 is 11.8 Å². The van der Waals surface area contributed by atoms with Crippen molar-refractivity contribution >= 4 is 23.0 Å². The van der Waals surface area contributed by atoms with Crippen LogP contribution in [-0.2, 0) is 19.5 Å². The first-order chi connectivity index (χ1) is 14.1. The molecule has 0 radical (unpaired) electrons. The second-order valence-electron chi connectivity index (χ2n) is 6.86. The summed E-state index contributed by atoms with van der Waals surface area (Å²) >= 11 is 1.44. The predicted molar refractivity (Wildman–Crippen MR) is 115 cm³/mol. The fourth-order valence-electron chi connectivity index (χ4n) is 3.48. The van der Waals surface area contributed by atoms with Gasteiger partial charge in [-0.1, -0.05) is 42.6 Å². The summed E-state index contributed by atoms with van der Waals surface area (Å²) in [6.07, 6.45) is 2.81. The van der Waals surface area contributed by atoms with Gasteiger partial charge >= 0.3 is 6.03 Å². The Kier molecular flexibility index (Phi) is 5.49. The molecular formula is C22H23N3O3S. The van der Waals surface area contributed by atoms with E-state index in [1.54, 1.807) is 12.0 Å². The number of urea groups is 1. The van der Waals surface area contributed by atoms with Gasteiger partial charge < -0.3 is 14.4 Å². The van der Waals surface area contributed by atoms with E-state index in [4.69, 9.17) is 9.47 Å². The number of hydrogen-bond donors (Lipinski definition) is 0. The number of hydrogen-bond acceptors (Lipinski definition) is 5. The van der Waals surface area contributed by atoms with Crippen LogP contribution in [0.1, 0.15) is 16.7 Å². The molecule has 0 bridgehead atoms. The lowest BCUT2D eigenvalue weighted by molar-refractivity contribution is 0.200. The van der Waals surface area contributed by atoms with Crippen molar-refractivity contribution in [3.63, 3.8) is 0 Å². The molecule has 2 heterocycles. The molecule has 7 heteroatoms. The minimum absolute atomic E-state index is 0.290. The molecule has 29 heavy (non-hydrogen) atoms. The summed E-state index contributed by atoms with van der Waals surface area (Å²) in [7, 11) is 1.65. The number of carbonyl (C=O) groups is 1.